The average molecular weight is 339 g/mol. The molecule has 2 aliphatic rings. The van der Waals surface area contributed by atoms with Crippen LogP contribution < -0.4 is 5.32 Å². The van der Waals surface area contributed by atoms with E-state index in [1.165, 1.54) is 19.3 Å². The second-order valence-electron chi connectivity index (χ2n) is 9.33. The van der Waals surface area contributed by atoms with Crippen LogP contribution in [0.3, 0.4) is 0 Å². The standard InChI is InChI=1S/C20H38N2O2/c1-14(2)8-7-9-15(3)21-16-12-17-10-11-18(13-16)22(17)19(23)24-20(4,5)6/h14-18,21H,7-13H2,1-6H3. The minimum Gasteiger partial charge on any atom is -0.444 e. The lowest BCUT2D eigenvalue weighted by Crippen LogP contribution is -2.53. The molecule has 0 radical (unpaired) electrons. The summed E-state index contributed by atoms with van der Waals surface area (Å²) < 4.78 is 5.62. The van der Waals surface area contributed by atoms with Crippen LogP contribution in [0.1, 0.15) is 86.5 Å². The molecule has 140 valence electrons. The normalized spacial score (nSPS) is 28.3. The number of nitrogens with one attached hydrogen (secondary N) is 1. The lowest BCUT2D eigenvalue weighted by Gasteiger charge is -2.40. The van der Waals surface area contributed by atoms with Crippen LogP contribution in [-0.2, 0) is 4.74 Å². The van der Waals surface area contributed by atoms with Gasteiger partial charge in [-0.05, 0) is 65.7 Å². The topological polar surface area (TPSA) is 41.6 Å². The molecule has 4 heteroatoms. The maximum absolute atomic E-state index is 12.5. The molecular formula is C20H38N2O2. The Kier molecular flexibility index (Phi) is 6.58. The van der Waals surface area contributed by atoms with Crippen LogP contribution in [0.25, 0.3) is 0 Å². The van der Waals surface area contributed by atoms with E-state index in [9.17, 15) is 4.79 Å². The molecule has 2 aliphatic heterocycles. The highest BCUT2D eigenvalue weighted by Crippen LogP contribution is 2.37. The second kappa shape index (κ2) is 8.07. The summed E-state index contributed by atoms with van der Waals surface area (Å²) in [6.45, 7) is 12.7. The summed E-state index contributed by atoms with van der Waals surface area (Å²) >= 11 is 0. The Bertz CT molecular complexity index is 402. The van der Waals surface area contributed by atoms with Crippen molar-refractivity contribution in [3.05, 3.63) is 0 Å². The summed E-state index contributed by atoms with van der Waals surface area (Å²) in [6.07, 6.45) is 8.16. The molecule has 0 aromatic carbocycles. The Balaban J connectivity index is 1.81. The third-order valence-corrected chi connectivity index (χ3v) is 5.28. The van der Waals surface area contributed by atoms with Gasteiger partial charge < -0.3 is 15.0 Å². The van der Waals surface area contributed by atoms with Gasteiger partial charge in [0.05, 0.1) is 0 Å². The minimum atomic E-state index is -0.406. The molecule has 3 atom stereocenters. The Hall–Kier alpha value is -0.770. The largest absolute Gasteiger partial charge is 0.444 e. The molecule has 2 rings (SSSR count). The van der Waals surface area contributed by atoms with Crippen molar-refractivity contribution in [1.29, 1.82) is 0 Å². The summed E-state index contributed by atoms with van der Waals surface area (Å²) in [5, 5.41) is 3.82. The van der Waals surface area contributed by atoms with E-state index in [2.05, 4.69) is 26.1 Å². The van der Waals surface area contributed by atoms with Gasteiger partial charge in [0.1, 0.15) is 5.60 Å². The van der Waals surface area contributed by atoms with E-state index < -0.39 is 5.60 Å². The number of hydrogen-bond acceptors (Lipinski definition) is 3. The molecule has 4 nitrogen and oxygen atoms in total. The Morgan fingerprint density at radius 3 is 2.21 bits per heavy atom. The van der Waals surface area contributed by atoms with Crippen LogP contribution in [0.15, 0.2) is 0 Å². The number of carbonyl (C=O) groups excluding carboxylic acids is 1. The predicted molar refractivity (Wildman–Crippen MR) is 99.2 cm³/mol. The second-order valence-corrected chi connectivity index (χ2v) is 9.33. The Morgan fingerprint density at radius 1 is 1.12 bits per heavy atom. The number of piperidine rings is 1. The Labute approximate surface area is 148 Å². The SMILES string of the molecule is CC(C)CCCC(C)NC1CC2CCC(C1)N2C(=O)OC(C)(C)C. The van der Waals surface area contributed by atoms with Gasteiger partial charge in [-0.3, -0.25) is 0 Å². The zero-order valence-corrected chi connectivity index (χ0v) is 16.6. The van der Waals surface area contributed by atoms with Crippen LogP contribution in [-0.4, -0.2) is 40.8 Å². The third-order valence-electron chi connectivity index (χ3n) is 5.28. The monoisotopic (exact) mass is 338 g/mol. The molecule has 2 bridgehead atoms. The van der Waals surface area contributed by atoms with Crippen LogP contribution >= 0.6 is 0 Å². The molecule has 2 saturated heterocycles. The highest BCUT2D eigenvalue weighted by Gasteiger charge is 2.44. The van der Waals surface area contributed by atoms with E-state index in [-0.39, 0.29) is 6.09 Å². The van der Waals surface area contributed by atoms with Gasteiger partial charge >= 0.3 is 6.09 Å². The van der Waals surface area contributed by atoms with Crippen molar-refractivity contribution < 1.29 is 9.53 Å². The maximum Gasteiger partial charge on any atom is 0.410 e. The molecule has 0 spiro atoms. The van der Waals surface area contributed by atoms with Crippen molar-refractivity contribution in [2.24, 2.45) is 5.92 Å². The number of hydrogen-bond donors (Lipinski definition) is 1. The van der Waals surface area contributed by atoms with Crippen molar-refractivity contribution in [2.75, 3.05) is 0 Å². The minimum absolute atomic E-state index is 0.113. The lowest BCUT2D eigenvalue weighted by molar-refractivity contribution is 0.00432. The molecule has 0 aromatic rings. The number of fused-ring (bicyclic) bond motifs is 2. The van der Waals surface area contributed by atoms with Crippen molar-refractivity contribution in [3.63, 3.8) is 0 Å². The van der Waals surface area contributed by atoms with Crippen molar-refractivity contribution in [3.8, 4) is 0 Å². The summed E-state index contributed by atoms with van der Waals surface area (Å²) in [5.74, 6) is 0.796. The molecule has 3 unspecified atom stereocenters. The third kappa shape index (κ3) is 5.65. The summed E-state index contributed by atoms with van der Waals surface area (Å²) in [4.78, 5) is 14.5. The van der Waals surface area contributed by atoms with E-state index in [1.807, 2.05) is 25.7 Å². The van der Waals surface area contributed by atoms with Crippen LogP contribution in [0, 0.1) is 5.92 Å². The number of nitrogens with zero attached hydrogens (tertiary/aromatic N) is 1. The molecule has 24 heavy (non-hydrogen) atoms. The molecule has 0 aliphatic carbocycles. The number of rotatable bonds is 6. The lowest BCUT2D eigenvalue weighted by atomic mass is 9.96. The van der Waals surface area contributed by atoms with E-state index in [1.54, 1.807) is 0 Å². The van der Waals surface area contributed by atoms with Gasteiger partial charge in [-0.2, -0.15) is 0 Å². The molecule has 1 N–H and O–H groups in total. The molecular weight excluding hydrogens is 300 g/mol. The van der Waals surface area contributed by atoms with E-state index in [0.717, 1.165) is 31.6 Å². The van der Waals surface area contributed by atoms with Gasteiger partial charge in [-0.25, -0.2) is 4.79 Å². The molecule has 0 saturated carbocycles. The van der Waals surface area contributed by atoms with Crippen molar-refractivity contribution in [1.82, 2.24) is 10.2 Å². The number of carbonyl (C=O) groups is 1. The average Bonchev–Trinajstić information content (AvgIpc) is 2.68. The highest BCUT2D eigenvalue weighted by atomic mass is 16.6. The van der Waals surface area contributed by atoms with E-state index in [4.69, 9.17) is 4.74 Å². The highest BCUT2D eigenvalue weighted by molar-refractivity contribution is 5.69. The van der Waals surface area contributed by atoms with Gasteiger partial charge in [0.2, 0.25) is 0 Å². The summed E-state index contributed by atoms with van der Waals surface area (Å²) in [6, 6.07) is 1.84. The van der Waals surface area contributed by atoms with Gasteiger partial charge in [0, 0.05) is 24.2 Å². The quantitative estimate of drug-likeness (QED) is 0.762. The molecule has 2 heterocycles. The fraction of sp³-hybridized carbons (Fsp3) is 0.950. The van der Waals surface area contributed by atoms with E-state index in [0.29, 0.717) is 24.2 Å². The first-order valence-corrected chi connectivity index (χ1v) is 9.93. The van der Waals surface area contributed by atoms with Gasteiger partial charge in [-0.15, -0.1) is 0 Å². The fourth-order valence-corrected chi connectivity index (χ4v) is 4.24. The molecule has 0 aromatic heterocycles. The smallest absolute Gasteiger partial charge is 0.410 e. The molecule has 1 amide bonds. The number of amides is 1. The first-order chi connectivity index (χ1) is 11.2. The van der Waals surface area contributed by atoms with Crippen molar-refractivity contribution in [2.45, 2.75) is 116 Å². The maximum atomic E-state index is 12.5. The van der Waals surface area contributed by atoms with Crippen LogP contribution in [0.5, 0.6) is 0 Å². The Morgan fingerprint density at radius 2 is 1.71 bits per heavy atom. The summed E-state index contributed by atoms with van der Waals surface area (Å²) in [7, 11) is 0. The van der Waals surface area contributed by atoms with Crippen molar-refractivity contribution >= 4 is 6.09 Å². The van der Waals surface area contributed by atoms with Gasteiger partial charge in [0.25, 0.3) is 0 Å². The first-order valence-electron chi connectivity index (χ1n) is 9.93. The van der Waals surface area contributed by atoms with Gasteiger partial charge in [-0.1, -0.05) is 26.7 Å². The zero-order valence-electron chi connectivity index (χ0n) is 16.6. The van der Waals surface area contributed by atoms with Gasteiger partial charge in [0.15, 0.2) is 0 Å². The molecule has 2 fully saturated rings. The van der Waals surface area contributed by atoms with E-state index >= 15 is 0 Å². The fourth-order valence-electron chi connectivity index (χ4n) is 4.24. The van der Waals surface area contributed by atoms with Crippen LogP contribution in [0.4, 0.5) is 4.79 Å². The predicted octanol–water partition coefficient (Wildman–Crippen LogP) is 4.72. The zero-order chi connectivity index (χ0) is 17.9. The first kappa shape index (κ1) is 19.6. The summed E-state index contributed by atoms with van der Waals surface area (Å²) in [5.41, 5.74) is -0.406. The number of ether oxygens (including phenoxy) is 1. The van der Waals surface area contributed by atoms with Crippen LogP contribution in [0.2, 0.25) is 0 Å².